The Kier molecular flexibility index (Phi) is 4.42. The molecule has 0 aromatic rings. The highest BCUT2D eigenvalue weighted by Gasteiger charge is 2.35. The highest BCUT2D eigenvalue weighted by molar-refractivity contribution is 9.09. The minimum Gasteiger partial charge on any atom is -0.381 e. The van der Waals surface area contributed by atoms with Crippen LogP contribution in [-0.4, -0.2) is 31.3 Å². The van der Waals surface area contributed by atoms with E-state index in [2.05, 4.69) is 22.5 Å². The number of ether oxygens (including phenoxy) is 2. The summed E-state index contributed by atoms with van der Waals surface area (Å²) in [6.07, 6.45) is 3.39. The Morgan fingerprint density at radius 1 is 1.62 bits per heavy atom. The Labute approximate surface area is 88.4 Å². The second-order valence-electron chi connectivity index (χ2n) is 3.47. The standard InChI is InChI=1S/C10H17BrO2/c1-9(7-11)10(8-12-2)5-3-4-6-13-10/h1,3-8H2,2H3. The maximum Gasteiger partial charge on any atom is 0.113 e. The summed E-state index contributed by atoms with van der Waals surface area (Å²) in [5.41, 5.74) is 0.866. The monoisotopic (exact) mass is 248 g/mol. The quantitative estimate of drug-likeness (QED) is 0.563. The fourth-order valence-electron chi connectivity index (χ4n) is 1.70. The summed E-state index contributed by atoms with van der Waals surface area (Å²) < 4.78 is 11.0. The van der Waals surface area contributed by atoms with Gasteiger partial charge in [-0.25, -0.2) is 0 Å². The summed E-state index contributed by atoms with van der Waals surface area (Å²) in [5, 5.41) is 0.788. The van der Waals surface area contributed by atoms with E-state index in [1.54, 1.807) is 7.11 Å². The molecule has 0 N–H and O–H groups in total. The van der Waals surface area contributed by atoms with Gasteiger partial charge in [0.15, 0.2) is 0 Å². The Hall–Kier alpha value is 0.140. The molecule has 13 heavy (non-hydrogen) atoms. The molecule has 1 atom stereocenters. The van der Waals surface area contributed by atoms with Gasteiger partial charge in [0.25, 0.3) is 0 Å². The van der Waals surface area contributed by atoms with Gasteiger partial charge in [-0.2, -0.15) is 0 Å². The summed E-state index contributed by atoms with van der Waals surface area (Å²) >= 11 is 3.42. The van der Waals surface area contributed by atoms with E-state index >= 15 is 0 Å². The minimum atomic E-state index is -0.226. The van der Waals surface area contributed by atoms with Crippen LogP contribution < -0.4 is 0 Å². The van der Waals surface area contributed by atoms with Crippen molar-refractivity contribution in [1.29, 1.82) is 0 Å². The van der Waals surface area contributed by atoms with Crippen LogP contribution in [0.25, 0.3) is 0 Å². The molecule has 0 bridgehead atoms. The first kappa shape index (κ1) is 11.2. The lowest BCUT2D eigenvalue weighted by molar-refractivity contribution is -0.0899. The molecule has 1 rings (SSSR count). The average molecular weight is 249 g/mol. The fraction of sp³-hybridized carbons (Fsp3) is 0.800. The van der Waals surface area contributed by atoms with Gasteiger partial charge in [-0.3, -0.25) is 0 Å². The van der Waals surface area contributed by atoms with Crippen molar-refractivity contribution in [2.45, 2.75) is 24.9 Å². The molecule has 1 unspecified atom stereocenters. The van der Waals surface area contributed by atoms with Crippen LogP contribution in [0.1, 0.15) is 19.3 Å². The van der Waals surface area contributed by atoms with E-state index in [4.69, 9.17) is 9.47 Å². The van der Waals surface area contributed by atoms with Gasteiger partial charge in [0.1, 0.15) is 5.60 Å². The van der Waals surface area contributed by atoms with Gasteiger partial charge in [-0.05, 0) is 24.8 Å². The highest BCUT2D eigenvalue weighted by atomic mass is 79.9. The van der Waals surface area contributed by atoms with Crippen molar-refractivity contribution in [2.75, 3.05) is 25.7 Å². The van der Waals surface area contributed by atoms with E-state index < -0.39 is 0 Å². The number of halogens is 1. The second kappa shape index (κ2) is 5.13. The van der Waals surface area contributed by atoms with Gasteiger partial charge in [0.05, 0.1) is 6.61 Å². The van der Waals surface area contributed by atoms with Gasteiger partial charge in [0, 0.05) is 19.0 Å². The zero-order valence-electron chi connectivity index (χ0n) is 8.14. The van der Waals surface area contributed by atoms with Crippen molar-refractivity contribution in [3.63, 3.8) is 0 Å². The molecule has 1 aliphatic rings. The van der Waals surface area contributed by atoms with Gasteiger partial charge < -0.3 is 9.47 Å². The zero-order valence-corrected chi connectivity index (χ0v) is 9.73. The van der Waals surface area contributed by atoms with Crippen molar-refractivity contribution in [3.05, 3.63) is 12.2 Å². The Morgan fingerprint density at radius 3 is 2.85 bits per heavy atom. The molecule has 0 aromatic carbocycles. The van der Waals surface area contributed by atoms with Crippen LogP contribution >= 0.6 is 15.9 Å². The van der Waals surface area contributed by atoms with Crippen LogP contribution in [0.2, 0.25) is 0 Å². The van der Waals surface area contributed by atoms with Gasteiger partial charge in [-0.15, -0.1) is 0 Å². The topological polar surface area (TPSA) is 18.5 Å². The third-order valence-corrected chi connectivity index (χ3v) is 3.21. The largest absolute Gasteiger partial charge is 0.381 e. The zero-order chi connectivity index (χ0) is 9.73. The molecule has 76 valence electrons. The van der Waals surface area contributed by atoms with Crippen LogP contribution in [0.15, 0.2) is 12.2 Å². The Balaban J connectivity index is 2.66. The van der Waals surface area contributed by atoms with Crippen LogP contribution in [0.3, 0.4) is 0 Å². The summed E-state index contributed by atoms with van der Waals surface area (Å²) in [5.74, 6) is 0. The van der Waals surface area contributed by atoms with Crippen LogP contribution in [0.4, 0.5) is 0 Å². The first-order valence-electron chi connectivity index (χ1n) is 4.62. The molecule has 0 aliphatic carbocycles. The van der Waals surface area contributed by atoms with E-state index in [9.17, 15) is 0 Å². The number of hydrogen-bond donors (Lipinski definition) is 0. The molecule has 0 saturated carbocycles. The minimum absolute atomic E-state index is 0.226. The lowest BCUT2D eigenvalue weighted by Gasteiger charge is -2.38. The van der Waals surface area contributed by atoms with Crippen LogP contribution in [-0.2, 0) is 9.47 Å². The molecule has 0 aromatic heterocycles. The van der Waals surface area contributed by atoms with E-state index in [1.807, 2.05) is 0 Å². The fourth-order valence-corrected chi connectivity index (χ4v) is 2.21. The van der Waals surface area contributed by atoms with Crippen molar-refractivity contribution in [1.82, 2.24) is 0 Å². The first-order chi connectivity index (χ1) is 6.25. The van der Waals surface area contributed by atoms with E-state index in [0.717, 1.165) is 30.4 Å². The second-order valence-corrected chi connectivity index (χ2v) is 4.03. The van der Waals surface area contributed by atoms with Gasteiger partial charge in [0.2, 0.25) is 0 Å². The smallest absolute Gasteiger partial charge is 0.113 e. The summed E-state index contributed by atoms with van der Waals surface area (Å²) in [6, 6.07) is 0. The Bertz CT molecular complexity index is 168. The van der Waals surface area contributed by atoms with E-state index in [-0.39, 0.29) is 5.60 Å². The number of methoxy groups -OCH3 is 1. The summed E-state index contributed by atoms with van der Waals surface area (Å²) in [7, 11) is 1.71. The number of rotatable bonds is 4. The lowest BCUT2D eigenvalue weighted by atomic mass is 9.88. The molecular weight excluding hydrogens is 232 g/mol. The SMILES string of the molecule is C=C(CBr)C1(COC)CCCCO1. The predicted octanol–water partition coefficient (Wildman–Crippen LogP) is 2.52. The molecule has 0 amide bonds. The maximum absolute atomic E-state index is 5.80. The highest BCUT2D eigenvalue weighted by Crippen LogP contribution is 2.32. The van der Waals surface area contributed by atoms with E-state index in [1.165, 1.54) is 6.42 Å². The molecular formula is C10H17BrO2. The molecule has 1 aliphatic heterocycles. The van der Waals surface area contributed by atoms with Gasteiger partial charge in [-0.1, -0.05) is 22.5 Å². The lowest BCUT2D eigenvalue weighted by Crippen LogP contribution is -2.42. The summed E-state index contributed by atoms with van der Waals surface area (Å²) in [6.45, 7) is 5.49. The third kappa shape index (κ3) is 2.55. The summed E-state index contributed by atoms with van der Waals surface area (Å²) in [4.78, 5) is 0. The average Bonchev–Trinajstić information content (AvgIpc) is 2.18. The molecule has 1 heterocycles. The number of alkyl halides is 1. The maximum atomic E-state index is 5.80. The molecule has 1 fully saturated rings. The molecule has 3 heteroatoms. The van der Waals surface area contributed by atoms with E-state index in [0.29, 0.717) is 6.61 Å². The normalized spacial score (nSPS) is 28.8. The van der Waals surface area contributed by atoms with Crippen molar-refractivity contribution in [2.24, 2.45) is 0 Å². The first-order valence-corrected chi connectivity index (χ1v) is 5.74. The number of hydrogen-bond acceptors (Lipinski definition) is 2. The van der Waals surface area contributed by atoms with Gasteiger partial charge >= 0.3 is 0 Å². The van der Waals surface area contributed by atoms with Crippen LogP contribution in [0, 0.1) is 0 Å². The molecule has 0 spiro atoms. The Morgan fingerprint density at radius 2 is 2.38 bits per heavy atom. The molecule has 2 nitrogen and oxygen atoms in total. The molecule has 1 saturated heterocycles. The molecule has 0 radical (unpaired) electrons. The van der Waals surface area contributed by atoms with Crippen LogP contribution in [0.5, 0.6) is 0 Å². The van der Waals surface area contributed by atoms with Crippen molar-refractivity contribution < 1.29 is 9.47 Å². The predicted molar refractivity (Wildman–Crippen MR) is 57.3 cm³/mol. The third-order valence-electron chi connectivity index (χ3n) is 2.54. The van der Waals surface area contributed by atoms with Crippen molar-refractivity contribution >= 4 is 15.9 Å². The van der Waals surface area contributed by atoms with Crippen molar-refractivity contribution in [3.8, 4) is 0 Å².